The Labute approximate surface area is 152 Å². The average molecular weight is 358 g/mol. The molecule has 0 aliphatic heterocycles. The van der Waals surface area contributed by atoms with Crippen LogP contribution in [0.25, 0.3) is 0 Å². The summed E-state index contributed by atoms with van der Waals surface area (Å²) in [6.07, 6.45) is 0.322. The zero-order valence-electron chi connectivity index (χ0n) is 14.9. The number of anilines is 1. The van der Waals surface area contributed by atoms with Gasteiger partial charge < -0.3 is 24.8 Å². The van der Waals surface area contributed by atoms with Crippen molar-refractivity contribution in [1.29, 1.82) is 0 Å². The number of urea groups is 1. The van der Waals surface area contributed by atoms with E-state index in [1.54, 1.807) is 18.2 Å². The molecule has 2 rings (SSSR count). The maximum atomic E-state index is 12.3. The van der Waals surface area contributed by atoms with Crippen LogP contribution in [-0.2, 0) is 16.0 Å². The van der Waals surface area contributed by atoms with Crippen LogP contribution in [0.1, 0.15) is 5.56 Å². The molecule has 0 aromatic heterocycles. The standard InChI is InChI=1S/C19H22N2O5/c1-24-15-10-14(11-16(12-15)25-2)20-19(23)21-17(18(22)26-3)9-13-7-5-4-6-8-13/h4-8,10-12,17H,9H2,1-3H3,(H2,20,21,23). The summed E-state index contributed by atoms with van der Waals surface area (Å²) in [6, 6.07) is 13.0. The fraction of sp³-hybridized carbons (Fsp3) is 0.263. The van der Waals surface area contributed by atoms with Gasteiger partial charge in [-0.15, -0.1) is 0 Å². The highest BCUT2D eigenvalue weighted by Gasteiger charge is 2.22. The molecular formula is C19H22N2O5. The second kappa shape index (κ2) is 9.31. The van der Waals surface area contributed by atoms with E-state index in [1.807, 2.05) is 30.3 Å². The van der Waals surface area contributed by atoms with Crippen molar-refractivity contribution < 1.29 is 23.8 Å². The van der Waals surface area contributed by atoms with Crippen molar-refractivity contribution in [2.24, 2.45) is 0 Å². The first-order valence-electron chi connectivity index (χ1n) is 7.98. The summed E-state index contributed by atoms with van der Waals surface area (Å²) in [7, 11) is 4.32. The van der Waals surface area contributed by atoms with Crippen LogP contribution in [0, 0.1) is 0 Å². The summed E-state index contributed by atoms with van der Waals surface area (Å²) in [5, 5.41) is 5.30. The maximum absolute atomic E-state index is 12.3. The predicted octanol–water partition coefficient (Wildman–Crippen LogP) is 2.61. The third-order valence-corrected chi connectivity index (χ3v) is 3.68. The number of nitrogens with one attached hydrogen (secondary N) is 2. The molecule has 0 aliphatic carbocycles. The van der Waals surface area contributed by atoms with E-state index in [0.717, 1.165) is 5.56 Å². The van der Waals surface area contributed by atoms with E-state index >= 15 is 0 Å². The molecule has 1 atom stereocenters. The number of esters is 1. The van der Waals surface area contributed by atoms with Gasteiger partial charge in [0.05, 0.1) is 21.3 Å². The van der Waals surface area contributed by atoms with E-state index in [9.17, 15) is 9.59 Å². The monoisotopic (exact) mass is 358 g/mol. The first-order valence-corrected chi connectivity index (χ1v) is 7.98. The molecule has 0 spiro atoms. The highest BCUT2D eigenvalue weighted by Crippen LogP contribution is 2.25. The zero-order valence-corrected chi connectivity index (χ0v) is 14.9. The molecule has 138 valence electrons. The second-order valence-corrected chi connectivity index (χ2v) is 5.47. The van der Waals surface area contributed by atoms with Crippen LogP contribution in [-0.4, -0.2) is 39.4 Å². The fourth-order valence-electron chi connectivity index (χ4n) is 2.39. The Balaban J connectivity index is 2.08. The van der Waals surface area contributed by atoms with E-state index < -0.39 is 18.0 Å². The smallest absolute Gasteiger partial charge is 0.328 e. The lowest BCUT2D eigenvalue weighted by atomic mass is 10.1. The van der Waals surface area contributed by atoms with E-state index in [4.69, 9.17) is 14.2 Å². The van der Waals surface area contributed by atoms with Crippen LogP contribution >= 0.6 is 0 Å². The van der Waals surface area contributed by atoms with Gasteiger partial charge in [-0.3, -0.25) is 0 Å². The Bertz CT molecular complexity index is 727. The topological polar surface area (TPSA) is 85.9 Å². The quantitative estimate of drug-likeness (QED) is 0.743. The van der Waals surface area contributed by atoms with Crippen LogP contribution in [0.5, 0.6) is 11.5 Å². The zero-order chi connectivity index (χ0) is 18.9. The van der Waals surface area contributed by atoms with Crippen molar-refractivity contribution in [3.8, 4) is 11.5 Å². The number of amides is 2. The summed E-state index contributed by atoms with van der Waals surface area (Å²) in [5.74, 6) is 0.550. The Kier molecular flexibility index (Phi) is 6.84. The normalized spacial score (nSPS) is 11.2. The number of methoxy groups -OCH3 is 3. The maximum Gasteiger partial charge on any atom is 0.328 e. The number of carbonyl (C=O) groups excluding carboxylic acids is 2. The van der Waals surface area contributed by atoms with Crippen LogP contribution in [0.3, 0.4) is 0 Å². The molecule has 7 heteroatoms. The molecule has 0 heterocycles. The summed E-state index contributed by atoms with van der Waals surface area (Å²) < 4.78 is 15.1. The molecule has 2 aromatic carbocycles. The van der Waals surface area contributed by atoms with Crippen molar-refractivity contribution in [3.05, 3.63) is 54.1 Å². The number of ether oxygens (including phenoxy) is 3. The van der Waals surface area contributed by atoms with E-state index in [1.165, 1.54) is 21.3 Å². The molecule has 2 N–H and O–H groups in total. The third-order valence-electron chi connectivity index (χ3n) is 3.68. The highest BCUT2D eigenvalue weighted by atomic mass is 16.5. The minimum atomic E-state index is -0.810. The summed E-state index contributed by atoms with van der Waals surface area (Å²) in [5.41, 5.74) is 1.38. The molecule has 2 amide bonds. The first-order chi connectivity index (χ1) is 12.5. The van der Waals surface area contributed by atoms with Gasteiger partial charge in [0.2, 0.25) is 0 Å². The Morgan fingerprint density at radius 3 is 2.12 bits per heavy atom. The van der Waals surface area contributed by atoms with Crippen LogP contribution < -0.4 is 20.1 Å². The van der Waals surface area contributed by atoms with Gasteiger partial charge in [0.1, 0.15) is 17.5 Å². The number of benzene rings is 2. The first kappa shape index (κ1) is 19.1. The van der Waals surface area contributed by atoms with Gasteiger partial charge >= 0.3 is 12.0 Å². The molecule has 7 nitrogen and oxygen atoms in total. The molecule has 2 aromatic rings. The van der Waals surface area contributed by atoms with Gasteiger partial charge in [-0.25, -0.2) is 9.59 Å². The molecule has 26 heavy (non-hydrogen) atoms. The number of hydrogen-bond donors (Lipinski definition) is 2. The van der Waals surface area contributed by atoms with Crippen molar-refractivity contribution in [2.45, 2.75) is 12.5 Å². The lowest BCUT2D eigenvalue weighted by molar-refractivity contribution is -0.142. The number of hydrogen-bond acceptors (Lipinski definition) is 5. The lowest BCUT2D eigenvalue weighted by Crippen LogP contribution is -2.45. The summed E-state index contributed by atoms with van der Waals surface area (Å²) in [6.45, 7) is 0. The van der Waals surface area contributed by atoms with Crippen molar-refractivity contribution in [2.75, 3.05) is 26.6 Å². The highest BCUT2D eigenvalue weighted by molar-refractivity contribution is 5.93. The molecule has 0 bridgehead atoms. The SMILES string of the molecule is COC(=O)C(Cc1ccccc1)NC(=O)Nc1cc(OC)cc(OC)c1. The average Bonchev–Trinajstić information content (AvgIpc) is 2.67. The van der Waals surface area contributed by atoms with Gasteiger partial charge in [-0.2, -0.15) is 0 Å². The molecule has 0 fully saturated rings. The fourth-order valence-corrected chi connectivity index (χ4v) is 2.39. The Hall–Kier alpha value is -3.22. The van der Waals surface area contributed by atoms with Crippen LogP contribution in [0.2, 0.25) is 0 Å². The number of carbonyl (C=O) groups is 2. The van der Waals surface area contributed by atoms with Gasteiger partial charge in [0.15, 0.2) is 0 Å². The van der Waals surface area contributed by atoms with Gasteiger partial charge in [-0.05, 0) is 5.56 Å². The van der Waals surface area contributed by atoms with Gasteiger partial charge in [0, 0.05) is 30.3 Å². The molecule has 0 saturated carbocycles. The van der Waals surface area contributed by atoms with E-state index in [0.29, 0.717) is 23.6 Å². The van der Waals surface area contributed by atoms with Crippen molar-refractivity contribution in [3.63, 3.8) is 0 Å². The lowest BCUT2D eigenvalue weighted by Gasteiger charge is -2.17. The number of rotatable bonds is 7. The minimum Gasteiger partial charge on any atom is -0.497 e. The molecule has 0 radical (unpaired) electrons. The molecule has 1 unspecified atom stereocenters. The Morgan fingerprint density at radius 1 is 0.962 bits per heavy atom. The van der Waals surface area contributed by atoms with Gasteiger partial charge in [0.25, 0.3) is 0 Å². The third kappa shape index (κ3) is 5.41. The van der Waals surface area contributed by atoms with Crippen LogP contribution in [0.4, 0.5) is 10.5 Å². The minimum absolute atomic E-state index is 0.322. The van der Waals surface area contributed by atoms with Gasteiger partial charge in [-0.1, -0.05) is 30.3 Å². The largest absolute Gasteiger partial charge is 0.497 e. The molecule has 0 saturated heterocycles. The van der Waals surface area contributed by atoms with Crippen LogP contribution in [0.15, 0.2) is 48.5 Å². The molecule has 0 aliphatic rings. The van der Waals surface area contributed by atoms with E-state index in [2.05, 4.69) is 10.6 Å². The van der Waals surface area contributed by atoms with Crippen molar-refractivity contribution in [1.82, 2.24) is 5.32 Å². The Morgan fingerprint density at radius 2 is 1.58 bits per heavy atom. The molecular weight excluding hydrogens is 336 g/mol. The predicted molar refractivity (Wildman–Crippen MR) is 97.7 cm³/mol. The van der Waals surface area contributed by atoms with Crippen molar-refractivity contribution >= 4 is 17.7 Å². The summed E-state index contributed by atoms with van der Waals surface area (Å²) in [4.78, 5) is 24.3. The second-order valence-electron chi connectivity index (χ2n) is 5.47. The van der Waals surface area contributed by atoms with E-state index in [-0.39, 0.29) is 0 Å². The summed E-state index contributed by atoms with van der Waals surface area (Å²) >= 11 is 0.